The largest absolute Gasteiger partial charge is 0.469 e. The highest BCUT2D eigenvalue weighted by atomic mass is 35.5. The monoisotopic (exact) mass is 192 g/mol. The average Bonchev–Trinajstić information content (AvgIpc) is 2.76. The Balaban J connectivity index is 2.59. The molecule has 0 amide bonds. The Kier molecular flexibility index (Phi) is 2.28. The van der Waals surface area contributed by atoms with Crippen molar-refractivity contribution in [3.63, 3.8) is 0 Å². The minimum atomic E-state index is -1.16. The number of methoxy groups -OCH3 is 2. The van der Waals surface area contributed by atoms with Crippen LogP contribution in [0.1, 0.15) is 6.42 Å². The Bertz CT molecular complexity index is 227. The van der Waals surface area contributed by atoms with E-state index >= 15 is 0 Å². The summed E-state index contributed by atoms with van der Waals surface area (Å²) in [7, 11) is 2.49. The number of hydrogen-bond acceptors (Lipinski definition) is 4. The fourth-order valence-corrected chi connectivity index (χ4v) is 1.37. The molecule has 0 heterocycles. The summed E-state index contributed by atoms with van der Waals surface area (Å²) in [5.41, 5.74) is 0. The summed E-state index contributed by atoms with van der Waals surface area (Å²) in [4.78, 5) is 20.7. The summed E-state index contributed by atoms with van der Waals surface area (Å²) < 4.78 is 8.86. The van der Waals surface area contributed by atoms with Gasteiger partial charge in [-0.15, -0.1) is 11.6 Å². The zero-order valence-corrected chi connectivity index (χ0v) is 7.55. The van der Waals surface area contributed by atoms with Gasteiger partial charge in [0.1, 0.15) is 0 Å². The summed E-state index contributed by atoms with van der Waals surface area (Å²) >= 11 is 5.76. The van der Waals surface area contributed by atoms with Crippen LogP contribution in [0.4, 0.5) is 0 Å². The molecule has 1 rings (SSSR count). The van der Waals surface area contributed by atoms with E-state index in [1.165, 1.54) is 14.2 Å². The van der Waals surface area contributed by atoms with Crippen molar-refractivity contribution in [2.75, 3.05) is 14.2 Å². The van der Waals surface area contributed by atoms with Gasteiger partial charge in [0.15, 0.2) is 4.87 Å². The lowest BCUT2D eigenvalue weighted by Gasteiger charge is -2.04. The van der Waals surface area contributed by atoms with Gasteiger partial charge >= 0.3 is 11.9 Å². The van der Waals surface area contributed by atoms with Gasteiger partial charge in [-0.2, -0.15) is 0 Å². The average molecular weight is 193 g/mol. The molecule has 12 heavy (non-hydrogen) atoms. The predicted molar refractivity (Wildman–Crippen MR) is 40.7 cm³/mol. The summed E-state index contributed by atoms with van der Waals surface area (Å²) in [6.45, 7) is 0. The van der Waals surface area contributed by atoms with Gasteiger partial charge in [0.05, 0.1) is 20.1 Å². The van der Waals surface area contributed by atoms with Gasteiger partial charge in [-0.3, -0.25) is 9.59 Å². The van der Waals surface area contributed by atoms with Gasteiger partial charge in [-0.05, 0) is 6.42 Å². The van der Waals surface area contributed by atoms with Crippen LogP contribution in [0.3, 0.4) is 0 Å². The van der Waals surface area contributed by atoms with E-state index in [1.54, 1.807) is 0 Å². The van der Waals surface area contributed by atoms with Crippen molar-refractivity contribution in [2.45, 2.75) is 11.3 Å². The standard InChI is InChI=1S/C7H9ClO4/c1-11-5(9)4-3-7(4,8)6(10)12-2/h4H,3H2,1-2H3/t4-,7-/m1/s1. The highest BCUT2D eigenvalue weighted by Gasteiger charge is 2.64. The summed E-state index contributed by atoms with van der Waals surface area (Å²) in [5, 5.41) is 0. The maximum Gasteiger partial charge on any atom is 0.327 e. The van der Waals surface area contributed by atoms with Crippen LogP contribution in [-0.2, 0) is 19.1 Å². The molecule has 0 unspecified atom stereocenters. The fraction of sp³-hybridized carbons (Fsp3) is 0.714. The number of hydrogen-bond donors (Lipinski definition) is 0. The second kappa shape index (κ2) is 2.94. The third-order valence-electron chi connectivity index (χ3n) is 1.90. The van der Waals surface area contributed by atoms with Crippen molar-refractivity contribution in [2.24, 2.45) is 5.92 Å². The third-order valence-corrected chi connectivity index (χ3v) is 2.48. The highest BCUT2D eigenvalue weighted by Crippen LogP contribution is 2.50. The first-order chi connectivity index (χ1) is 5.56. The van der Waals surface area contributed by atoms with Crippen LogP contribution < -0.4 is 0 Å². The lowest BCUT2D eigenvalue weighted by molar-refractivity contribution is -0.147. The van der Waals surface area contributed by atoms with Crippen LogP contribution in [0.2, 0.25) is 0 Å². The molecule has 68 valence electrons. The Morgan fingerprint density at radius 2 is 2.00 bits per heavy atom. The van der Waals surface area contributed by atoms with Crippen LogP contribution >= 0.6 is 11.6 Å². The molecule has 5 heteroatoms. The molecule has 0 aromatic carbocycles. The molecule has 0 saturated heterocycles. The molecule has 1 fully saturated rings. The normalized spacial score (nSPS) is 32.4. The van der Waals surface area contributed by atoms with E-state index in [-0.39, 0.29) is 0 Å². The molecule has 2 atom stereocenters. The van der Waals surface area contributed by atoms with Crippen LogP contribution in [-0.4, -0.2) is 31.0 Å². The van der Waals surface area contributed by atoms with Crippen molar-refractivity contribution in [3.05, 3.63) is 0 Å². The Labute approximate surface area is 74.8 Å². The first-order valence-corrected chi connectivity index (χ1v) is 3.79. The Morgan fingerprint density at radius 1 is 1.42 bits per heavy atom. The van der Waals surface area contributed by atoms with Gasteiger partial charge in [0, 0.05) is 0 Å². The van der Waals surface area contributed by atoms with E-state index in [4.69, 9.17) is 11.6 Å². The summed E-state index contributed by atoms with van der Waals surface area (Å²) in [5.74, 6) is -1.58. The van der Waals surface area contributed by atoms with Crippen LogP contribution in [0.25, 0.3) is 0 Å². The van der Waals surface area contributed by atoms with E-state index in [2.05, 4.69) is 9.47 Å². The highest BCUT2D eigenvalue weighted by molar-refractivity contribution is 6.38. The van der Waals surface area contributed by atoms with Gasteiger partial charge < -0.3 is 9.47 Å². The number of alkyl halides is 1. The molecule has 0 radical (unpaired) electrons. The lowest BCUT2D eigenvalue weighted by atomic mass is 10.3. The van der Waals surface area contributed by atoms with Gasteiger partial charge in [0.2, 0.25) is 0 Å². The minimum absolute atomic E-state index is 0.300. The van der Waals surface area contributed by atoms with Crippen LogP contribution in [0.5, 0.6) is 0 Å². The zero-order chi connectivity index (χ0) is 9.35. The molecular weight excluding hydrogens is 184 g/mol. The van der Waals surface area contributed by atoms with E-state index in [0.717, 1.165) is 0 Å². The number of carbonyl (C=O) groups excluding carboxylic acids is 2. The quantitative estimate of drug-likeness (QED) is 0.467. The smallest absolute Gasteiger partial charge is 0.327 e. The molecule has 1 aliphatic carbocycles. The molecule has 4 nitrogen and oxygen atoms in total. The lowest BCUT2D eigenvalue weighted by Crippen LogP contribution is -2.23. The number of esters is 2. The summed E-state index contributed by atoms with van der Waals surface area (Å²) in [6.07, 6.45) is 0.300. The second-order valence-corrected chi connectivity index (χ2v) is 3.31. The predicted octanol–water partition coefficient (Wildman–Crippen LogP) is 0.330. The van der Waals surface area contributed by atoms with Crippen molar-refractivity contribution >= 4 is 23.5 Å². The van der Waals surface area contributed by atoms with E-state index in [9.17, 15) is 9.59 Å². The molecule has 0 spiro atoms. The van der Waals surface area contributed by atoms with Crippen molar-refractivity contribution in [3.8, 4) is 0 Å². The maximum atomic E-state index is 11.0. The molecule has 1 aliphatic rings. The Hall–Kier alpha value is -0.770. The first kappa shape index (κ1) is 9.32. The van der Waals surface area contributed by atoms with E-state index < -0.39 is 22.7 Å². The molecule has 0 bridgehead atoms. The molecule has 1 saturated carbocycles. The molecule has 0 N–H and O–H groups in total. The number of carbonyl (C=O) groups is 2. The number of ether oxygens (including phenoxy) is 2. The van der Waals surface area contributed by atoms with Crippen molar-refractivity contribution in [1.29, 1.82) is 0 Å². The topological polar surface area (TPSA) is 52.6 Å². The van der Waals surface area contributed by atoms with Gasteiger partial charge in [0.25, 0.3) is 0 Å². The maximum absolute atomic E-state index is 11.0. The van der Waals surface area contributed by atoms with Crippen LogP contribution in [0.15, 0.2) is 0 Å². The van der Waals surface area contributed by atoms with Crippen molar-refractivity contribution in [1.82, 2.24) is 0 Å². The molecule has 0 aromatic rings. The number of halogens is 1. The van der Waals surface area contributed by atoms with Gasteiger partial charge in [-0.25, -0.2) is 0 Å². The Morgan fingerprint density at radius 3 is 2.42 bits per heavy atom. The first-order valence-electron chi connectivity index (χ1n) is 3.41. The second-order valence-electron chi connectivity index (χ2n) is 2.63. The van der Waals surface area contributed by atoms with Crippen molar-refractivity contribution < 1.29 is 19.1 Å². The van der Waals surface area contributed by atoms with Crippen LogP contribution in [0, 0.1) is 5.92 Å². The number of rotatable bonds is 2. The molecular formula is C7H9ClO4. The van der Waals surface area contributed by atoms with Gasteiger partial charge in [-0.1, -0.05) is 0 Å². The SMILES string of the molecule is COC(=O)[C@H]1C[C@]1(Cl)C(=O)OC. The van der Waals surface area contributed by atoms with E-state index in [0.29, 0.717) is 6.42 Å². The molecule has 0 aromatic heterocycles. The minimum Gasteiger partial charge on any atom is -0.469 e. The van der Waals surface area contributed by atoms with E-state index in [1.807, 2.05) is 0 Å². The zero-order valence-electron chi connectivity index (χ0n) is 6.80. The third kappa shape index (κ3) is 1.27. The fourth-order valence-electron chi connectivity index (χ4n) is 1.05. The summed E-state index contributed by atoms with van der Waals surface area (Å²) in [6, 6.07) is 0. The molecule has 0 aliphatic heterocycles.